The first-order valence-electron chi connectivity index (χ1n) is 22.7. The Kier molecular flexibility index (Phi) is 16.4. The van der Waals surface area contributed by atoms with E-state index >= 15 is 0 Å². The molecule has 2 nitrogen and oxygen atoms in total. The molecule has 0 N–H and O–H groups in total. The van der Waals surface area contributed by atoms with Crippen LogP contribution in [0.3, 0.4) is 0 Å². The number of hydrogen-bond acceptors (Lipinski definition) is 2. The molecule has 1 atom stereocenters. The molecule has 0 aliphatic carbocycles. The van der Waals surface area contributed by atoms with Crippen LogP contribution in [0, 0.1) is 11.2 Å². The van der Waals surface area contributed by atoms with Crippen LogP contribution >= 0.6 is 0 Å². The molecule has 8 aromatic rings. The number of benzene rings is 8. The molecule has 8 aromatic carbocycles. The zero-order valence-electron chi connectivity index (χ0n) is 39.2. The lowest BCUT2D eigenvalue weighted by Crippen LogP contribution is -2.74. The summed E-state index contributed by atoms with van der Waals surface area (Å²) >= 11 is 0. The van der Waals surface area contributed by atoms with Crippen molar-refractivity contribution in [2.75, 3.05) is 11.2 Å². The summed E-state index contributed by atoms with van der Waals surface area (Å²) in [7, 11) is -2.29. The Morgan fingerprint density at radius 1 is 0.392 bits per heavy atom. The van der Waals surface area contributed by atoms with Crippen molar-refractivity contribution in [1.29, 1.82) is 0 Å². The molecule has 0 aromatic heterocycles. The Morgan fingerprint density at radius 2 is 0.689 bits per heavy atom. The molecule has 0 saturated heterocycles. The first kappa shape index (κ1) is 54.3. The molecule has 0 amide bonds. The third-order valence-corrected chi connectivity index (χ3v) is 13.7. The van der Waals surface area contributed by atoms with E-state index in [0.717, 1.165) is 78.4 Å². The van der Waals surface area contributed by atoms with Crippen LogP contribution in [0.5, 0.6) is 0 Å². The van der Waals surface area contributed by atoms with Crippen molar-refractivity contribution < 1.29 is 56.9 Å². The zero-order chi connectivity index (χ0) is 53.4. The summed E-state index contributed by atoms with van der Waals surface area (Å²) in [4.78, 5) is 2.37. The van der Waals surface area contributed by atoms with E-state index in [0.29, 0.717) is 54.3 Å². The van der Waals surface area contributed by atoms with Crippen LogP contribution in [0.4, 0.5) is 58.4 Å². The van der Waals surface area contributed by atoms with E-state index in [2.05, 4.69) is 88.9 Å². The molecule has 8 rings (SSSR count). The molecule has 0 saturated carbocycles. The first-order chi connectivity index (χ1) is 34.9. The summed E-state index contributed by atoms with van der Waals surface area (Å²) in [5.74, 6) is 3.50. The molecule has 1 unspecified atom stereocenters. The van der Waals surface area contributed by atoms with Crippen molar-refractivity contribution in [2.45, 2.75) is 43.5 Å². The summed E-state index contributed by atoms with van der Waals surface area (Å²) in [6.07, 6.45) is -20.3. The van der Waals surface area contributed by atoms with Gasteiger partial charge in [-0.05, 0) is 41.3 Å². The lowest BCUT2D eigenvalue weighted by molar-refractivity contribution is -0.138. The van der Waals surface area contributed by atoms with E-state index < -0.39 is 63.0 Å². The van der Waals surface area contributed by atoms with Crippen molar-refractivity contribution in [3.05, 3.63) is 257 Å². The fourth-order valence-corrected chi connectivity index (χ4v) is 9.92. The Hall–Kier alpha value is -7.51. The van der Waals surface area contributed by atoms with Crippen LogP contribution in [0.25, 0.3) is 0 Å². The SMILES string of the molecule is C[S+](=O)(C#Cc1ccccc1)Cc1ccc(N(Cc2ccccc2)Cc2ccccc2)cc1.FC(F)(F)c1ccc([B-](c2ccc(C(F)(F)F)cc2)(c2ccc(C(F)(F)F)cc2)c2ccc(C(F)(F)F)cc2)cc1. The maximum absolute atomic E-state index is 13.3. The quantitative estimate of drug-likeness (QED) is 0.0557. The Balaban J connectivity index is 0.000000221. The highest BCUT2D eigenvalue weighted by molar-refractivity contribution is 8.05. The Morgan fingerprint density at radius 3 is 0.986 bits per heavy atom. The van der Waals surface area contributed by atoms with Crippen LogP contribution in [0.1, 0.15) is 44.5 Å². The van der Waals surface area contributed by atoms with Crippen LogP contribution in [0.15, 0.2) is 212 Å². The van der Waals surface area contributed by atoms with Crippen molar-refractivity contribution >= 4 is 43.6 Å². The molecule has 0 fully saturated rings. The molecule has 0 spiro atoms. The van der Waals surface area contributed by atoms with Gasteiger partial charge in [-0.1, -0.05) is 192 Å². The largest absolute Gasteiger partial charge is 0.416 e. The fraction of sp³-hybridized carbons (Fsp3) is 0.138. The monoisotopic (exact) mass is 1040 g/mol. The smallest absolute Gasteiger partial charge is 0.363 e. The van der Waals surface area contributed by atoms with E-state index in [1.807, 2.05) is 42.5 Å². The van der Waals surface area contributed by atoms with Gasteiger partial charge < -0.3 is 4.90 Å². The van der Waals surface area contributed by atoms with Gasteiger partial charge in [0.25, 0.3) is 0 Å². The van der Waals surface area contributed by atoms with Gasteiger partial charge in [0.15, 0.2) is 15.2 Å². The minimum absolute atomic E-state index is 0.0114. The van der Waals surface area contributed by atoms with Crippen LogP contribution < -0.4 is 26.8 Å². The van der Waals surface area contributed by atoms with Crippen LogP contribution in [0.2, 0.25) is 0 Å². The zero-order valence-corrected chi connectivity index (χ0v) is 40.0. The summed E-state index contributed by atoms with van der Waals surface area (Å²) in [6, 6.07) is 52.7. The molecule has 0 heterocycles. The molecular formula is C58H44BF12NOS. The van der Waals surface area contributed by atoms with Crippen LogP contribution in [-0.2, 0) is 57.7 Å². The van der Waals surface area contributed by atoms with Gasteiger partial charge in [-0.25, -0.2) is 0 Å². The van der Waals surface area contributed by atoms with Crippen molar-refractivity contribution in [3.63, 3.8) is 0 Å². The van der Waals surface area contributed by atoms with Gasteiger partial charge >= 0.3 is 24.7 Å². The second kappa shape index (κ2) is 22.3. The molecule has 16 heteroatoms. The highest BCUT2D eigenvalue weighted by Crippen LogP contribution is 2.33. The van der Waals surface area contributed by atoms with Gasteiger partial charge in [-0.2, -0.15) is 74.5 Å². The number of halogens is 12. The average Bonchev–Trinajstić information content (AvgIpc) is 3.37. The molecule has 74 heavy (non-hydrogen) atoms. The van der Waals surface area contributed by atoms with Crippen molar-refractivity contribution in [2.24, 2.45) is 0 Å². The number of alkyl halides is 12. The maximum Gasteiger partial charge on any atom is 0.416 e. The topological polar surface area (TPSA) is 20.3 Å². The van der Waals surface area contributed by atoms with Crippen LogP contribution in [-0.4, -0.2) is 12.4 Å². The van der Waals surface area contributed by atoms with Crippen molar-refractivity contribution in [3.8, 4) is 11.2 Å². The van der Waals surface area contributed by atoms with Gasteiger partial charge in [-0.3, -0.25) is 0 Å². The van der Waals surface area contributed by atoms with Gasteiger partial charge in [0, 0.05) is 29.9 Å². The normalized spacial score (nSPS) is 12.9. The van der Waals surface area contributed by atoms with Crippen molar-refractivity contribution in [1.82, 2.24) is 0 Å². The lowest BCUT2D eigenvalue weighted by atomic mass is 9.13. The predicted octanol–water partition coefficient (Wildman–Crippen LogP) is 13.7. The maximum atomic E-state index is 13.3. The van der Waals surface area contributed by atoms with E-state index in [9.17, 15) is 56.9 Å². The highest BCUT2D eigenvalue weighted by atomic mass is 32.2. The number of anilines is 1. The summed E-state index contributed by atoms with van der Waals surface area (Å²) in [5, 5.41) is 2.99. The second-order valence-corrected chi connectivity index (χ2v) is 20.1. The first-order valence-corrected chi connectivity index (χ1v) is 24.9. The fourth-order valence-electron chi connectivity index (χ4n) is 8.69. The summed E-state index contributed by atoms with van der Waals surface area (Å²) in [5.41, 5.74) is 1.31. The lowest BCUT2D eigenvalue weighted by Gasteiger charge is -2.44. The van der Waals surface area contributed by atoms with E-state index in [4.69, 9.17) is 0 Å². The molecule has 0 bridgehead atoms. The number of rotatable bonds is 11. The third kappa shape index (κ3) is 13.8. The van der Waals surface area contributed by atoms with Gasteiger partial charge in [0.1, 0.15) is 18.2 Å². The molecule has 0 aliphatic rings. The van der Waals surface area contributed by atoms with Gasteiger partial charge in [0.05, 0.1) is 22.3 Å². The molecular weight excluding hydrogens is 997 g/mol. The summed E-state index contributed by atoms with van der Waals surface area (Å²) in [6.45, 7) is 1.64. The minimum Gasteiger partial charge on any atom is -0.363 e. The summed E-state index contributed by atoms with van der Waals surface area (Å²) < 4.78 is 173. The highest BCUT2D eigenvalue weighted by Gasteiger charge is 2.38. The third-order valence-electron chi connectivity index (χ3n) is 12.3. The molecule has 0 radical (unpaired) electrons. The number of nitrogens with zero attached hydrogens (tertiary/aromatic N) is 1. The standard InChI is InChI=1S/C30H28NOS.C28H16BF12/c1-33(32,22-21-26-11-5-2-6-12-26)25-29-17-19-30(20-18-29)31(23-27-13-7-3-8-14-27)24-28-15-9-4-10-16-28;30-25(31,32)17-1-9-21(10-2-17)29(22-11-3-18(4-12-22)26(33,34)35,23-13-5-19(6-14-23)27(36,37)38)24-15-7-20(8-16-24)28(39,40)41/h2-20H,23-25H2,1H3;1-16H/q+1;-1. The molecule has 0 aliphatic heterocycles. The Bertz CT molecular complexity index is 2910. The van der Waals surface area contributed by atoms with E-state index in [1.54, 1.807) is 6.26 Å². The Labute approximate surface area is 421 Å². The average molecular weight is 1040 g/mol. The molecule has 380 valence electrons. The van der Waals surface area contributed by atoms with Gasteiger partial charge in [0.2, 0.25) is 0 Å². The van der Waals surface area contributed by atoms with E-state index in [1.165, 1.54) is 11.1 Å². The predicted molar refractivity (Wildman–Crippen MR) is 270 cm³/mol. The second-order valence-electron chi connectivity index (χ2n) is 17.6. The van der Waals surface area contributed by atoms with E-state index in [-0.39, 0.29) is 21.9 Å². The van der Waals surface area contributed by atoms with Gasteiger partial charge in [-0.15, -0.1) is 0 Å². The minimum atomic E-state index is -4.77. The number of hydrogen-bond donors (Lipinski definition) is 0.